The number of piperidine rings is 1. The smallest absolute Gasteiger partial charge is 0.326 e. The zero-order valence-electron chi connectivity index (χ0n) is 12.1. The molecule has 2 fully saturated rings. The van der Waals surface area contributed by atoms with Gasteiger partial charge in [0.1, 0.15) is 6.04 Å². The fourth-order valence-corrected chi connectivity index (χ4v) is 3.60. The molecule has 5 nitrogen and oxygen atoms in total. The minimum Gasteiger partial charge on any atom is -0.480 e. The standard InChI is InChI=1S/C15H23NO4/c1-2-3-6-11(14(19)20)16-12(17)9-15(10-13(16)18)7-4-5-8-15/h11H,2-10H2,1H3,(H,19,20). The summed E-state index contributed by atoms with van der Waals surface area (Å²) in [5.41, 5.74) is -0.168. The Morgan fingerprint density at radius 3 is 2.25 bits per heavy atom. The van der Waals surface area contributed by atoms with Gasteiger partial charge >= 0.3 is 5.97 Å². The van der Waals surface area contributed by atoms with Crippen molar-refractivity contribution in [3.05, 3.63) is 0 Å². The summed E-state index contributed by atoms with van der Waals surface area (Å²) in [5, 5.41) is 9.30. The number of rotatable bonds is 5. The van der Waals surface area contributed by atoms with Gasteiger partial charge in [-0.1, -0.05) is 32.6 Å². The summed E-state index contributed by atoms with van der Waals surface area (Å²) in [6, 6.07) is -0.978. The molecule has 1 aliphatic carbocycles. The molecular formula is C15H23NO4. The minimum absolute atomic E-state index is 0.168. The second kappa shape index (κ2) is 5.94. The number of unbranched alkanes of at least 4 members (excludes halogenated alkanes) is 1. The summed E-state index contributed by atoms with van der Waals surface area (Å²) in [6.45, 7) is 1.96. The molecule has 1 heterocycles. The molecule has 20 heavy (non-hydrogen) atoms. The third-order valence-corrected chi connectivity index (χ3v) is 4.68. The van der Waals surface area contributed by atoms with Crippen LogP contribution >= 0.6 is 0 Å². The van der Waals surface area contributed by atoms with E-state index in [1.165, 1.54) is 0 Å². The van der Waals surface area contributed by atoms with Crippen LogP contribution in [0.2, 0.25) is 0 Å². The maximum Gasteiger partial charge on any atom is 0.326 e. The van der Waals surface area contributed by atoms with Crippen LogP contribution < -0.4 is 0 Å². The fraction of sp³-hybridized carbons (Fsp3) is 0.800. The zero-order chi connectivity index (χ0) is 14.8. The number of hydrogen-bond donors (Lipinski definition) is 1. The van der Waals surface area contributed by atoms with E-state index in [2.05, 4.69) is 0 Å². The first-order valence-electron chi connectivity index (χ1n) is 7.57. The fourth-order valence-electron chi connectivity index (χ4n) is 3.60. The van der Waals surface area contributed by atoms with Crippen molar-refractivity contribution in [2.45, 2.75) is 70.8 Å². The van der Waals surface area contributed by atoms with E-state index < -0.39 is 12.0 Å². The molecule has 0 aromatic heterocycles. The maximum atomic E-state index is 12.3. The Balaban J connectivity index is 2.13. The highest BCUT2D eigenvalue weighted by molar-refractivity contribution is 6.02. The molecular weight excluding hydrogens is 258 g/mol. The molecule has 1 unspecified atom stereocenters. The number of carboxylic acids is 1. The van der Waals surface area contributed by atoms with Gasteiger partial charge in [-0.25, -0.2) is 4.79 Å². The van der Waals surface area contributed by atoms with Crippen molar-refractivity contribution in [2.24, 2.45) is 5.41 Å². The van der Waals surface area contributed by atoms with Crippen molar-refractivity contribution >= 4 is 17.8 Å². The lowest BCUT2D eigenvalue weighted by atomic mass is 9.76. The maximum absolute atomic E-state index is 12.3. The third-order valence-electron chi connectivity index (χ3n) is 4.68. The Kier molecular flexibility index (Phi) is 4.45. The third kappa shape index (κ3) is 2.86. The van der Waals surface area contributed by atoms with E-state index in [1.807, 2.05) is 6.92 Å². The quantitative estimate of drug-likeness (QED) is 0.785. The highest BCUT2D eigenvalue weighted by atomic mass is 16.4. The number of hydrogen-bond acceptors (Lipinski definition) is 3. The van der Waals surface area contributed by atoms with Crippen molar-refractivity contribution in [1.82, 2.24) is 4.90 Å². The molecule has 5 heteroatoms. The molecule has 1 atom stereocenters. The number of aliphatic carboxylic acids is 1. The van der Waals surface area contributed by atoms with Crippen LogP contribution in [0.4, 0.5) is 0 Å². The predicted octanol–water partition coefficient (Wildman–Crippen LogP) is 2.34. The number of carbonyl (C=O) groups excluding carboxylic acids is 2. The lowest BCUT2D eigenvalue weighted by Gasteiger charge is -2.39. The van der Waals surface area contributed by atoms with E-state index in [-0.39, 0.29) is 17.2 Å². The predicted molar refractivity (Wildman–Crippen MR) is 72.9 cm³/mol. The van der Waals surface area contributed by atoms with Gasteiger partial charge < -0.3 is 5.11 Å². The van der Waals surface area contributed by atoms with Crippen molar-refractivity contribution < 1.29 is 19.5 Å². The molecule has 1 saturated heterocycles. The molecule has 2 aliphatic rings. The van der Waals surface area contributed by atoms with E-state index in [0.717, 1.165) is 37.0 Å². The van der Waals surface area contributed by atoms with Crippen LogP contribution in [0, 0.1) is 5.41 Å². The lowest BCUT2D eigenvalue weighted by molar-refractivity contribution is -0.164. The van der Waals surface area contributed by atoms with Crippen molar-refractivity contribution in [1.29, 1.82) is 0 Å². The molecule has 0 radical (unpaired) electrons. The van der Waals surface area contributed by atoms with Gasteiger partial charge in [0.25, 0.3) is 0 Å². The molecule has 0 aromatic carbocycles. The van der Waals surface area contributed by atoms with Gasteiger partial charge in [0.15, 0.2) is 0 Å². The number of carbonyl (C=O) groups is 3. The van der Waals surface area contributed by atoms with Crippen LogP contribution in [0.5, 0.6) is 0 Å². The van der Waals surface area contributed by atoms with Crippen LogP contribution in [0.3, 0.4) is 0 Å². The molecule has 1 aliphatic heterocycles. The Morgan fingerprint density at radius 2 is 1.80 bits per heavy atom. The topological polar surface area (TPSA) is 74.7 Å². The van der Waals surface area contributed by atoms with E-state index in [0.29, 0.717) is 25.7 Å². The molecule has 2 rings (SSSR count). The van der Waals surface area contributed by atoms with Gasteiger partial charge in [0.2, 0.25) is 11.8 Å². The van der Waals surface area contributed by atoms with Gasteiger partial charge in [-0.3, -0.25) is 14.5 Å². The van der Waals surface area contributed by atoms with Crippen LogP contribution in [0.25, 0.3) is 0 Å². The summed E-state index contributed by atoms with van der Waals surface area (Å²) < 4.78 is 0. The van der Waals surface area contributed by atoms with Crippen molar-refractivity contribution in [3.63, 3.8) is 0 Å². The zero-order valence-corrected chi connectivity index (χ0v) is 12.1. The molecule has 1 N–H and O–H groups in total. The van der Waals surface area contributed by atoms with Gasteiger partial charge in [0.05, 0.1) is 0 Å². The first-order valence-corrected chi connectivity index (χ1v) is 7.57. The summed E-state index contributed by atoms with van der Waals surface area (Å²) in [4.78, 5) is 37.0. The Hall–Kier alpha value is -1.39. The van der Waals surface area contributed by atoms with Crippen LogP contribution in [-0.2, 0) is 14.4 Å². The minimum atomic E-state index is -1.07. The number of amides is 2. The van der Waals surface area contributed by atoms with Gasteiger partial charge in [-0.05, 0) is 24.7 Å². The summed E-state index contributed by atoms with van der Waals surface area (Å²) >= 11 is 0. The average Bonchev–Trinajstić information content (AvgIpc) is 2.79. The van der Waals surface area contributed by atoms with Gasteiger partial charge in [0, 0.05) is 12.8 Å². The first-order chi connectivity index (χ1) is 9.49. The van der Waals surface area contributed by atoms with Crippen LogP contribution in [-0.4, -0.2) is 33.8 Å². The second-order valence-electron chi connectivity index (χ2n) is 6.21. The monoisotopic (exact) mass is 281 g/mol. The van der Waals surface area contributed by atoms with Crippen molar-refractivity contribution in [3.8, 4) is 0 Å². The van der Waals surface area contributed by atoms with Gasteiger partial charge in [-0.15, -0.1) is 0 Å². The van der Waals surface area contributed by atoms with E-state index in [9.17, 15) is 19.5 Å². The van der Waals surface area contributed by atoms with E-state index in [1.54, 1.807) is 0 Å². The normalized spacial score (nSPS) is 23.4. The molecule has 112 valence electrons. The largest absolute Gasteiger partial charge is 0.480 e. The Bertz CT molecular complexity index is 392. The second-order valence-corrected chi connectivity index (χ2v) is 6.21. The van der Waals surface area contributed by atoms with E-state index >= 15 is 0 Å². The summed E-state index contributed by atoms with van der Waals surface area (Å²) in [7, 11) is 0. The first kappa shape index (κ1) is 15.0. The summed E-state index contributed by atoms with van der Waals surface area (Å²) in [5.74, 6) is -1.64. The van der Waals surface area contributed by atoms with Crippen molar-refractivity contribution in [2.75, 3.05) is 0 Å². The number of imide groups is 1. The van der Waals surface area contributed by atoms with Gasteiger partial charge in [-0.2, -0.15) is 0 Å². The molecule has 0 aromatic rings. The highest BCUT2D eigenvalue weighted by Crippen LogP contribution is 2.47. The Morgan fingerprint density at radius 1 is 1.25 bits per heavy atom. The SMILES string of the molecule is CCCCC(C(=O)O)N1C(=O)CC2(CCCC2)CC1=O. The molecule has 1 saturated carbocycles. The lowest BCUT2D eigenvalue weighted by Crippen LogP contribution is -2.54. The van der Waals surface area contributed by atoms with Crippen LogP contribution in [0.15, 0.2) is 0 Å². The molecule has 0 bridgehead atoms. The molecule has 2 amide bonds. The number of carboxylic acid groups (broad SMARTS) is 1. The Labute approximate surface area is 119 Å². The highest BCUT2D eigenvalue weighted by Gasteiger charge is 2.48. The average molecular weight is 281 g/mol. The number of nitrogens with zero attached hydrogens (tertiary/aromatic N) is 1. The number of likely N-dealkylation sites (tertiary alicyclic amines) is 1. The summed E-state index contributed by atoms with van der Waals surface area (Å²) in [6.07, 6.45) is 6.58. The van der Waals surface area contributed by atoms with Crippen LogP contribution in [0.1, 0.15) is 64.7 Å². The van der Waals surface area contributed by atoms with E-state index in [4.69, 9.17) is 0 Å². The molecule has 1 spiro atoms.